The Hall–Kier alpha value is -1.26. The van der Waals surface area contributed by atoms with E-state index in [9.17, 15) is 0 Å². The third-order valence-electron chi connectivity index (χ3n) is 5.05. The van der Waals surface area contributed by atoms with E-state index in [1.165, 1.54) is 5.56 Å². The normalized spacial score (nSPS) is 16.8. The highest BCUT2D eigenvalue weighted by atomic mass is 127. The first-order valence-corrected chi connectivity index (χ1v) is 10.7. The van der Waals surface area contributed by atoms with Crippen LogP contribution in [0.2, 0.25) is 0 Å². The Bertz CT molecular complexity index is 608. The molecule has 7 nitrogen and oxygen atoms in total. The van der Waals surface area contributed by atoms with Crippen LogP contribution in [0.25, 0.3) is 0 Å². The number of methoxy groups -OCH3 is 3. The molecule has 1 aliphatic rings. The summed E-state index contributed by atoms with van der Waals surface area (Å²) < 4.78 is 15.9. The zero-order valence-electron chi connectivity index (χ0n) is 18.9. The van der Waals surface area contributed by atoms with E-state index in [4.69, 9.17) is 19.2 Å². The first-order chi connectivity index (χ1) is 14.2. The highest BCUT2D eigenvalue weighted by Gasteiger charge is 2.23. The van der Waals surface area contributed by atoms with Gasteiger partial charge in [0.2, 0.25) is 0 Å². The van der Waals surface area contributed by atoms with Crippen molar-refractivity contribution in [2.75, 3.05) is 54.1 Å². The number of guanidine groups is 1. The molecule has 0 aromatic heterocycles. The van der Waals surface area contributed by atoms with Gasteiger partial charge in [0.15, 0.2) is 5.96 Å². The summed E-state index contributed by atoms with van der Waals surface area (Å²) in [4.78, 5) is 7.19. The van der Waals surface area contributed by atoms with Crippen LogP contribution in [-0.4, -0.2) is 71.0 Å². The van der Waals surface area contributed by atoms with E-state index >= 15 is 0 Å². The van der Waals surface area contributed by atoms with E-state index in [-0.39, 0.29) is 24.0 Å². The number of hydrogen-bond donors (Lipinski definition) is 2. The smallest absolute Gasteiger partial charge is 0.191 e. The van der Waals surface area contributed by atoms with Crippen molar-refractivity contribution in [2.45, 2.75) is 45.2 Å². The van der Waals surface area contributed by atoms with Gasteiger partial charge in [0.1, 0.15) is 11.5 Å². The van der Waals surface area contributed by atoms with E-state index in [1.54, 1.807) is 21.3 Å². The van der Waals surface area contributed by atoms with Crippen LogP contribution in [0.3, 0.4) is 0 Å². The molecule has 0 amide bonds. The second kappa shape index (κ2) is 15.5. The topological polar surface area (TPSA) is 67.4 Å². The van der Waals surface area contributed by atoms with Crippen LogP contribution < -0.4 is 20.1 Å². The maximum Gasteiger partial charge on any atom is 0.191 e. The summed E-state index contributed by atoms with van der Waals surface area (Å²) in [6.07, 6.45) is 4.45. The van der Waals surface area contributed by atoms with Crippen molar-refractivity contribution in [1.29, 1.82) is 0 Å². The summed E-state index contributed by atoms with van der Waals surface area (Å²) in [5.41, 5.74) is 1.21. The number of nitrogens with zero attached hydrogens (tertiary/aromatic N) is 2. The molecule has 0 bridgehead atoms. The van der Waals surface area contributed by atoms with Gasteiger partial charge in [-0.05, 0) is 50.3 Å². The molecule has 30 heavy (non-hydrogen) atoms. The van der Waals surface area contributed by atoms with E-state index in [0.29, 0.717) is 6.04 Å². The van der Waals surface area contributed by atoms with Crippen molar-refractivity contribution in [3.05, 3.63) is 23.8 Å². The number of halogens is 1. The van der Waals surface area contributed by atoms with Gasteiger partial charge < -0.3 is 24.8 Å². The molecule has 1 atom stereocenters. The minimum atomic E-state index is 0. The molecule has 0 saturated carbocycles. The number of aliphatic imine (C=N–C) groups is 1. The van der Waals surface area contributed by atoms with Gasteiger partial charge in [-0.3, -0.25) is 9.89 Å². The highest BCUT2D eigenvalue weighted by Crippen LogP contribution is 2.24. The first kappa shape index (κ1) is 26.8. The minimum Gasteiger partial charge on any atom is -0.497 e. The average Bonchev–Trinajstić information content (AvgIpc) is 3.16. The maximum atomic E-state index is 5.39. The SMILES string of the molecule is CCNC(=NCCCCCOC)NC1CCN(Cc2cc(OC)cc(OC)c2)C1.I. The van der Waals surface area contributed by atoms with Crippen molar-refractivity contribution in [1.82, 2.24) is 15.5 Å². The fourth-order valence-electron chi connectivity index (χ4n) is 3.55. The molecular weight excluding hydrogens is 495 g/mol. The van der Waals surface area contributed by atoms with Gasteiger partial charge >= 0.3 is 0 Å². The second-order valence-corrected chi connectivity index (χ2v) is 7.40. The Morgan fingerprint density at radius 3 is 2.47 bits per heavy atom. The van der Waals surface area contributed by atoms with Gasteiger partial charge in [0.05, 0.1) is 14.2 Å². The largest absolute Gasteiger partial charge is 0.497 e. The summed E-state index contributed by atoms with van der Waals surface area (Å²) in [7, 11) is 5.13. The van der Waals surface area contributed by atoms with Gasteiger partial charge in [0, 0.05) is 58.5 Å². The van der Waals surface area contributed by atoms with Crippen LogP contribution >= 0.6 is 24.0 Å². The van der Waals surface area contributed by atoms with Crippen molar-refractivity contribution in [3.8, 4) is 11.5 Å². The van der Waals surface area contributed by atoms with E-state index in [0.717, 1.165) is 82.5 Å². The second-order valence-electron chi connectivity index (χ2n) is 7.40. The Balaban J connectivity index is 0.00000450. The quantitative estimate of drug-likeness (QED) is 0.186. The van der Waals surface area contributed by atoms with E-state index in [1.807, 2.05) is 6.07 Å². The molecule has 1 fully saturated rings. The zero-order chi connectivity index (χ0) is 20.9. The lowest BCUT2D eigenvalue weighted by Crippen LogP contribution is -2.44. The molecule has 1 aromatic rings. The Morgan fingerprint density at radius 2 is 1.83 bits per heavy atom. The molecule has 8 heteroatoms. The average molecular weight is 534 g/mol. The molecule has 1 saturated heterocycles. The Labute approximate surface area is 199 Å². The van der Waals surface area contributed by atoms with Gasteiger partial charge in [-0.1, -0.05) is 0 Å². The molecule has 1 unspecified atom stereocenters. The third kappa shape index (κ3) is 9.70. The molecule has 1 aliphatic heterocycles. The van der Waals surface area contributed by atoms with Crippen LogP contribution in [0.1, 0.15) is 38.2 Å². The van der Waals surface area contributed by atoms with E-state index in [2.05, 4.69) is 34.6 Å². The summed E-state index contributed by atoms with van der Waals surface area (Å²) in [5, 5.41) is 6.97. The van der Waals surface area contributed by atoms with Crippen LogP contribution in [-0.2, 0) is 11.3 Å². The Morgan fingerprint density at radius 1 is 1.10 bits per heavy atom. The summed E-state index contributed by atoms with van der Waals surface area (Å²) in [6, 6.07) is 6.48. The number of ether oxygens (including phenoxy) is 3. The fraction of sp³-hybridized carbons (Fsp3) is 0.682. The molecule has 2 rings (SSSR count). The molecule has 0 spiro atoms. The van der Waals surface area contributed by atoms with Gasteiger partial charge in [-0.15, -0.1) is 24.0 Å². The predicted octanol–water partition coefficient (Wildman–Crippen LogP) is 3.27. The molecular formula is C22H39IN4O3. The molecule has 0 radical (unpaired) electrons. The van der Waals surface area contributed by atoms with Crippen LogP contribution in [0.15, 0.2) is 23.2 Å². The predicted molar refractivity (Wildman–Crippen MR) is 133 cm³/mol. The van der Waals surface area contributed by atoms with Crippen molar-refractivity contribution < 1.29 is 14.2 Å². The summed E-state index contributed by atoms with van der Waals surface area (Å²) >= 11 is 0. The third-order valence-corrected chi connectivity index (χ3v) is 5.05. The fourth-order valence-corrected chi connectivity index (χ4v) is 3.55. The number of rotatable bonds is 12. The number of nitrogens with one attached hydrogen (secondary N) is 2. The maximum absolute atomic E-state index is 5.39. The van der Waals surface area contributed by atoms with Gasteiger partial charge in [-0.25, -0.2) is 0 Å². The van der Waals surface area contributed by atoms with Gasteiger partial charge in [-0.2, -0.15) is 0 Å². The van der Waals surface area contributed by atoms with Crippen molar-refractivity contribution in [3.63, 3.8) is 0 Å². The number of hydrogen-bond acceptors (Lipinski definition) is 5. The highest BCUT2D eigenvalue weighted by molar-refractivity contribution is 14.0. The molecule has 1 heterocycles. The number of likely N-dealkylation sites (tertiary alicyclic amines) is 1. The monoisotopic (exact) mass is 534 g/mol. The standard InChI is InChI=1S/C22H38N4O3.HI/c1-5-23-22(24-10-7-6-8-12-27-2)25-19-9-11-26(17-19)16-18-13-20(28-3)15-21(14-18)29-4;/h13-15,19H,5-12,16-17H2,1-4H3,(H2,23,24,25);1H. The first-order valence-electron chi connectivity index (χ1n) is 10.7. The van der Waals surface area contributed by atoms with Gasteiger partial charge in [0.25, 0.3) is 0 Å². The van der Waals surface area contributed by atoms with E-state index < -0.39 is 0 Å². The summed E-state index contributed by atoms with van der Waals surface area (Å²) in [5.74, 6) is 2.59. The van der Waals surface area contributed by atoms with Crippen molar-refractivity contribution in [2.24, 2.45) is 4.99 Å². The van der Waals surface area contributed by atoms with Crippen LogP contribution in [0.5, 0.6) is 11.5 Å². The van der Waals surface area contributed by atoms with Crippen LogP contribution in [0, 0.1) is 0 Å². The van der Waals surface area contributed by atoms with Crippen molar-refractivity contribution >= 4 is 29.9 Å². The lowest BCUT2D eigenvalue weighted by atomic mass is 10.2. The zero-order valence-corrected chi connectivity index (χ0v) is 21.2. The number of benzene rings is 1. The number of unbranched alkanes of at least 4 members (excludes halogenated alkanes) is 2. The molecule has 0 aliphatic carbocycles. The molecule has 1 aromatic carbocycles. The Kier molecular flexibility index (Phi) is 13.9. The van der Waals surface area contributed by atoms with Crippen LogP contribution in [0.4, 0.5) is 0 Å². The lowest BCUT2D eigenvalue weighted by Gasteiger charge is -2.19. The molecule has 2 N–H and O–H groups in total. The summed E-state index contributed by atoms with van der Waals surface area (Å²) in [6.45, 7) is 7.60. The molecule has 172 valence electrons. The minimum absolute atomic E-state index is 0. The lowest BCUT2D eigenvalue weighted by molar-refractivity contribution is 0.192.